The van der Waals surface area contributed by atoms with Crippen LogP contribution >= 0.6 is 0 Å². The van der Waals surface area contributed by atoms with Crippen molar-refractivity contribution in [1.82, 2.24) is 14.3 Å². The highest BCUT2D eigenvalue weighted by atomic mass is 32.2. The van der Waals surface area contributed by atoms with Crippen LogP contribution in [0.2, 0.25) is 0 Å². The lowest BCUT2D eigenvalue weighted by atomic mass is 9.93. The molecule has 1 aliphatic rings. The first-order valence-corrected chi connectivity index (χ1v) is 11.5. The number of halogens is 3. The number of nitrogens with zero attached hydrogens (tertiary/aromatic N) is 1. The Morgan fingerprint density at radius 3 is 2.17 bits per heavy atom. The molecule has 188 valence electrons. The van der Waals surface area contributed by atoms with E-state index in [1.54, 1.807) is 11.1 Å². The van der Waals surface area contributed by atoms with Gasteiger partial charge in [0.05, 0.1) is 16.1 Å². The molecule has 1 atom stereocenters. The number of aromatic nitrogens is 2. The SMILES string of the molecule is CC(=O)Nc1ccc(S(=O)(=O)N[C@]2(C(F)(F)F)C(=O)Nc3c2c(=O)[nH]c(=O)n3-c2ccccc2)cc1. The summed E-state index contributed by atoms with van der Waals surface area (Å²) in [5.74, 6) is -3.23. The molecule has 0 bridgehead atoms. The zero-order chi connectivity index (χ0) is 26.5. The van der Waals surface area contributed by atoms with Gasteiger partial charge in [0.25, 0.3) is 11.5 Å². The number of para-hydroxylation sites is 1. The molecule has 15 heteroatoms. The molecule has 2 heterocycles. The molecule has 0 radical (unpaired) electrons. The van der Waals surface area contributed by atoms with Crippen LogP contribution in [0.3, 0.4) is 0 Å². The van der Waals surface area contributed by atoms with Crippen LogP contribution in [-0.4, -0.2) is 36.0 Å². The van der Waals surface area contributed by atoms with Crippen LogP contribution in [0.15, 0.2) is 69.1 Å². The number of anilines is 2. The predicted octanol–water partition coefficient (Wildman–Crippen LogP) is 1.17. The van der Waals surface area contributed by atoms with Crippen molar-refractivity contribution in [2.24, 2.45) is 0 Å². The normalized spacial score (nSPS) is 17.4. The molecule has 36 heavy (non-hydrogen) atoms. The maximum absolute atomic E-state index is 14.5. The van der Waals surface area contributed by atoms with E-state index in [-0.39, 0.29) is 11.4 Å². The molecular formula is C21H16F3N5O6S. The zero-order valence-corrected chi connectivity index (χ0v) is 19.0. The number of H-pyrrole nitrogens is 1. The van der Waals surface area contributed by atoms with Gasteiger partial charge in [0.2, 0.25) is 21.5 Å². The summed E-state index contributed by atoms with van der Waals surface area (Å²) in [7, 11) is -5.09. The molecule has 2 amide bonds. The minimum atomic E-state index is -5.66. The van der Waals surface area contributed by atoms with E-state index in [2.05, 4.69) is 5.32 Å². The number of nitrogens with one attached hydrogen (secondary N) is 4. The highest BCUT2D eigenvalue weighted by Gasteiger charge is 2.69. The van der Waals surface area contributed by atoms with E-state index in [1.165, 1.54) is 35.9 Å². The maximum atomic E-state index is 14.5. The Morgan fingerprint density at radius 2 is 1.61 bits per heavy atom. The highest BCUT2D eigenvalue weighted by Crippen LogP contribution is 2.46. The average molecular weight is 523 g/mol. The summed E-state index contributed by atoms with van der Waals surface area (Å²) >= 11 is 0. The number of aromatic amines is 1. The van der Waals surface area contributed by atoms with E-state index in [0.29, 0.717) is 4.57 Å². The number of benzene rings is 2. The molecule has 2 aromatic carbocycles. The Labute approximate surface area is 200 Å². The lowest BCUT2D eigenvalue weighted by Gasteiger charge is -2.29. The summed E-state index contributed by atoms with van der Waals surface area (Å²) in [6, 6.07) is 11.2. The number of hydrogen-bond acceptors (Lipinski definition) is 6. The average Bonchev–Trinajstić information content (AvgIpc) is 3.07. The lowest BCUT2D eigenvalue weighted by Crippen LogP contribution is -2.61. The van der Waals surface area contributed by atoms with Crippen LogP contribution in [0.25, 0.3) is 5.69 Å². The molecule has 0 aliphatic carbocycles. The van der Waals surface area contributed by atoms with Crippen molar-refractivity contribution in [2.45, 2.75) is 23.5 Å². The molecule has 0 unspecified atom stereocenters. The third-order valence-corrected chi connectivity index (χ3v) is 6.74. The molecule has 1 aromatic heterocycles. The quantitative estimate of drug-likeness (QED) is 0.393. The molecule has 0 saturated heterocycles. The van der Waals surface area contributed by atoms with Crippen LogP contribution in [-0.2, 0) is 25.2 Å². The first-order chi connectivity index (χ1) is 16.8. The van der Waals surface area contributed by atoms with Gasteiger partial charge in [-0.3, -0.25) is 19.4 Å². The van der Waals surface area contributed by atoms with E-state index in [4.69, 9.17) is 0 Å². The van der Waals surface area contributed by atoms with Crippen molar-refractivity contribution in [3.8, 4) is 5.69 Å². The number of amides is 2. The fourth-order valence-corrected chi connectivity index (χ4v) is 5.07. The minimum absolute atomic E-state index is 0.00434. The van der Waals surface area contributed by atoms with Crippen LogP contribution in [0, 0.1) is 0 Å². The van der Waals surface area contributed by atoms with Crippen molar-refractivity contribution in [3.05, 3.63) is 81.0 Å². The largest absolute Gasteiger partial charge is 0.421 e. The van der Waals surface area contributed by atoms with E-state index < -0.39 is 61.1 Å². The van der Waals surface area contributed by atoms with Gasteiger partial charge in [-0.15, -0.1) is 0 Å². The van der Waals surface area contributed by atoms with Crippen molar-refractivity contribution in [1.29, 1.82) is 0 Å². The van der Waals surface area contributed by atoms with Crippen LogP contribution in [0.5, 0.6) is 0 Å². The number of sulfonamides is 1. The van der Waals surface area contributed by atoms with Crippen LogP contribution < -0.4 is 26.6 Å². The Kier molecular flexibility index (Phi) is 5.84. The van der Waals surface area contributed by atoms with Crippen molar-refractivity contribution < 1.29 is 31.2 Å². The minimum Gasteiger partial charge on any atom is -0.326 e. The topological polar surface area (TPSA) is 159 Å². The summed E-state index contributed by atoms with van der Waals surface area (Å²) in [6.07, 6.45) is -5.66. The molecule has 1 aliphatic heterocycles. The van der Waals surface area contributed by atoms with Gasteiger partial charge in [0.15, 0.2) is 0 Å². The summed E-state index contributed by atoms with van der Waals surface area (Å²) in [5, 5.41) is 4.22. The Morgan fingerprint density at radius 1 is 1.00 bits per heavy atom. The molecular weight excluding hydrogens is 507 g/mol. The van der Waals surface area contributed by atoms with Crippen molar-refractivity contribution in [3.63, 3.8) is 0 Å². The third kappa shape index (κ3) is 3.97. The molecule has 11 nitrogen and oxygen atoms in total. The molecule has 4 N–H and O–H groups in total. The van der Waals surface area contributed by atoms with Crippen LogP contribution in [0.4, 0.5) is 24.7 Å². The Balaban J connectivity index is 1.92. The van der Waals surface area contributed by atoms with Crippen molar-refractivity contribution in [2.75, 3.05) is 10.6 Å². The summed E-state index contributed by atoms with van der Waals surface area (Å²) in [4.78, 5) is 50.2. The molecule has 4 rings (SSSR count). The van der Waals surface area contributed by atoms with E-state index in [0.717, 1.165) is 24.3 Å². The number of hydrogen-bond donors (Lipinski definition) is 4. The molecule has 0 saturated carbocycles. The van der Waals surface area contributed by atoms with E-state index in [1.807, 2.05) is 5.32 Å². The lowest BCUT2D eigenvalue weighted by molar-refractivity contribution is -0.194. The van der Waals surface area contributed by atoms with Crippen LogP contribution in [0.1, 0.15) is 12.5 Å². The van der Waals surface area contributed by atoms with Gasteiger partial charge >= 0.3 is 11.9 Å². The summed E-state index contributed by atoms with van der Waals surface area (Å²) in [5.41, 5.74) is -8.00. The fourth-order valence-electron chi connectivity index (χ4n) is 3.75. The van der Waals surface area contributed by atoms with E-state index in [9.17, 15) is 40.8 Å². The smallest absolute Gasteiger partial charge is 0.326 e. The van der Waals surface area contributed by atoms with Gasteiger partial charge in [-0.2, -0.15) is 17.9 Å². The number of rotatable bonds is 5. The number of fused-ring (bicyclic) bond motifs is 1. The van der Waals surface area contributed by atoms with Gasteiger partial charge in [0, 0.05) is 12.6 Å². The molecule has 0 fully saturated rings. The monoisotopic (exact) mass is 523 g/mol. The standard InChI is InChI=1S/C21H16F3N5O6S/c1-11(30)25-12-7-9-14(10-8-12)36(34,35)28-20(21(22,23)24)15-16(26-18(20)32)29(19(33)27-17(15)31)13-5-3-2-4-6-13/h2-10,28H,1H3,(H,25,30)(H,26,32)(H,27,31,33)/t20-/m0/s1. The summed E-state index contributed by atoms with van der Waals surface area (Å²) in [6.45, 7) is 1.20. The predicted molar refractivity (Wildman–Crippen MR) is 120 cm³/mol. The van der Waals surface area contributed by atoms with Gasteiger partial charge in [-0.05, 0) is 36.4 Å². The van der Waals surface area contributed by atoms with E-state index >= 15 is 0 Å². The van der Waals surface area contributed by atoms with Gasteiger partial charge in [-0.1, -0.05) is 18.2 Å². The molecule has 3 aromatic rings. The number of alkyl halides is 3. The maximum Gasteiger partial charge on any atom is 0.421 e. The second-order valence-corrected chi connectivity index (χ2v) is 9.35. The molecule has 0 spiro atoms. The second kappa shape index (κ2) is 8.46. The zero-order valence-electron chi connectivity index (χ0n) is 18.1. The second-order valence-electron chi connectivity index (χ2n) is 7.67. The fraction of sp³-hybridized carbons (Fsp3) is 0.143. The Hall–Kier alpha value is -4.24. The van der Waals surface area contributed by atoms with Gasteiger partial charge in [-0.25, -0.2) is 17.8 Å². The number of carbonyl (C=O) groups is 2. The third-order valence-electron chi connectivity index (χ3n) is 5.27. The van der Waals surface area contributed by atoms with Gasteiger partial charge in [0.1, 0.15) is 5.82 Å². The number of carbonyl (C=O) groups excluding carboxylic acids is 2. The van der Waals surface area contributed by atoms with Crippen molar-refractivity contribution >= 4 is 33.3 Å². The Bertz CT molecular complexity index is 1600. The highest BCUT2D eigenvalue weighted by molar-refractivity contribution is 7.89. The van der Waals surface area contributed by atoms with Gasteiger partial charge < -0.3 is 10.6 Å². The summed E-state index contributed by atoms with van der Waals surface area (Å²) < 4.78 is 71.6. The first-order valence-electron chi connectivity index (χ1n) is 10.0. The first kappa shape index (κ1) is 24.9.